The zero-order chi connectivity index (χ0) is 32.1. The Labute approximate surface area is 293 Å². The van der Waals surface area contributed by atoms with Crippen LogP contribution < -0.4 is 0 Å². The highest BCUT2D eigenvalue weighted by Crippen LogP contribution is 2.20. The summed E-state index contributed by atoms with van der Waals surface area (Å²) in [5.74, 6) is 0. The maximum Gasteiger partial charge on any atom is 0.500 e. The average Bonchev–Trinajstić information content (AvgIpc) is 3.05. The van der Waals surface area contributed by atoms with Crippen molar-refractivity contribution in [1.29, 1.82) is 0 Å². The Kier molecular flexibility index (Phi) is 39.0. The van der Waals surface area contributed by atoms with Crippen LogP contribution in [0.25, 0.3) is 0 Å². The second-order valence-corrected chi connectivity index (χ2v) is 17.9. The van der Waals surface area contributed by atoms with E-state index in [4.69, 9.17) is 13.3 Å². The second kappa shape index (κ2) is 38.3. The molecule has 0 saturated carbocycles. The molecule has 0 aliphatic heterocycles. The summed E-state index contributed by atoms with van der Waals surface area (Å²) in [6, 6.07) is 0.941. The van der Waals surface area contributed by atoms with Gasteiger partial charge in [-0.25, -0.2) is 0 Å². The Morgan fingerprint density at radius 3 is 0.591 bits per heavy atom. The minimum atomic E-state index is -2.34. The zero-order valence-corrected chi connectivity index (χ0v) is 33.7. The van der Waals surface area contributed by atoms with Crippen LogP contribution in [0.2, 0.25) is 6.04 Å². The lowest BCUT2D eigenvalue weighted by molar-refractivity contribution is 0.122. The summed E-state index contributed by atoms with van der Waals surface area (Å²) in [5, 5.41) is 0. The maximum absolute atomic E-state index is 5.50. The molecule has 0 aliphatic carbocycles. The average molecular weight is 753 g/mol. The molecule has 0 fully saturated rings. The third-order valence-electron chi connectivity index (χ3n) is 9.80. The predicted octanol–water partition coefficient (Wildman–Crippen LogP) is 14.6. The van der Waals surface area contributed by atoms with Crippen LogP contribution in [-0.2, 0) is 13.3 Å². The summed E-state index contributed by atoms with van der Waals surface area (Å²) in [7, 11) is 2.79. The van der Waals surface area contributed by atoms with Crippen molar-refractivity contribution < 1.29 is 13.3 Å². The lowest BCUT2D eigenvalue weighted by atomic mass is 10.0. The van der Waals surface area contributed by atoms with Gasteiger partial charge in [-0.3, -0.25) is 0 Å². The van der Waals surface area contributed by atoms with Crippen LogP contribution >= 0.6 is 22.6 Å². The molecular formula is C39H81IO3Si. The number of rotatable bonds is 39. The van der Waals surface area contributed by atoms with Gasteiger partial charge in [0, 0.05) is 27.4 Å². The lowest BCUT2D eigenvalue weighted by Crippen LogP contribution is -2.42. The first-order chi connectivity index (χ1) is 21.7. The number of hydrogen-bond donors (Lipinski definition) is 0. The Hall–Kier alpha value is 0.827. The van der Waals surface area contributed by atoms with Gasteiger partial charge in [0.15, 0.2) is 0 Å². The van der Waals surface area contributed by atoms with E-state index in [0.29, 0.717) is 0 Å². The summed E-state index contributed by atoms with van der Waals surface area (Å²) in [6.07, 6.45) is 49.2. The van der Waals surface area contributed by atoms with E-state index >= 15 is 0 Å². The van der Waals surface area contributed by atoms with Crippen LogP contribution in [0.5, 0.6) is 0 Å². The van der Waals surface area contributed by atoms with E-state index in [1.807, 2.05) is 0 Å². The topological polar surface area (TPSA) is 27.7 Å². The molecule has 0 rings (SSSR count). The van der Waals surface area contributed by atoms with Gasteiger partial charge in [-0.1, -0.05) is 228 Å². The second-order valence-electron chi connectivity index (χ2n) is 13.8. The molecule has 0 aromatic rings. The van der Waals surface area contributed by atoms with E-state index in [-0.39, 0.29) is 0 Å². The third kappa shape index (κ3) is 32.8. The van der Waals surface area contributed by atoms with E-state index in [1.165, 1.54) is 216 Å². The Bertz CT molecular complexity index is 509. The van der Waals surface area contributed by atoms with Crippen LogP contribution in [0.4, 0.5) is 0 Å². The predicted molar refractivity (Wildman–Crippen MR) is 207 cm³/mol. The molecule has 0 N–H and O–H groups in total. The highest BCUT2D eigenvalue weighted by molar-refractivity contribution is 14.1. The van der Waals surface area contributed by atoms with Gasteiger partial charge in [-0.05, 0) is 17.3 Å². The SMILES string of the molecule is CO[Si](CCCCCCCCCCCCCCCCCCCCCCCCCCCCCCCCCCCCI)(OC)OC. The zero-order valence-electron chi connectivity index (χ0n) is 30.6. The van der Waals surface area contributed by atoms with Crippen molar-refractivity contribution in [2.45, 2.75) is 224 Å². The highest BCUT2D eigenvalue weighted by Gasteiger charge is 2.36. The molecule has 3 nitrogen and oxygen atoms in total. The van der Waals surface area contributed by atoms with E-state index < -0.39 is 8.80 Å². The largest absolute Gasteiger partial charge is 0.500 e. The first kappa shape index (κ1) is 44.8. The minimum Gasteiger partial charge on any atom is -0.377 e. The number of halogens is 1. The van der Waals surface area contributed by atoms with E-state index in [9.17, 15) is 0 Å². The molecular weight excluding hydrogens is 671 g/mol. The molecule has 0 atom stereocenters. The van der Waals surface area contributed by atoms with E-state index in [1.54, 1.807) is 21.3 Å². The van der Waals surface area contributed by atoms with Gasteiger partial charge in [0.1, 0.15) is 0 Å². The first-order valence-corrected chi connectivity index (χ1v) is 23.4. The molecule has 0 heterocycles. The Morgan fingerprint density at radius 1 is 0.273 bits per heavy atom. The molecule has 0 amide bonds. The lowest BCUT2D eigenvalue weighted by Gasteiger charge is -2.24. The van der Waals surface area contributed by atoms with Crippen molar-refractivity contribution in [3.8, 4) is 0 Å². The first-order valence-electron chi connectivity index (χ1n) is 20.0. The van der Waals surface area contributed by atoms with Crippen molar-refractivity contribution in [1.82, 2.24) is 0 Å². The summed E-state index contributed by atoms with van der Waals surface area (Å²) in [5.41, 5.74) is 0. The van der Waals surface area contributed by atoms with Gasteiger partial charge in [0.25, 0.3) is 0 Å². The quantitative estimate of drug-likeness (QED) is 0.0271. The molecule has 0 aliphatic rings. The van der Waals surface area contributed by atoms with Gasteiger partial charge >= 0.3 is 8.80 Å². The smallest absolute Gasteiger partial charge is 0.377 e. The maximum atomic E-state index is 5.50. The molecule has 0 unspecified atom stereocenters. The van der Waals surface area contributed by atoms with Crippen LogP contribution in [0.15, 0.2) is 0 Å². The summed E-state index contributed by atoms with van der Waals surface area (Å²) in [6.45, 7) is 0. The molecule has 5 heteroatoms. The van der Waals surface area contributed by atoms with Crippen LogP contribution in [0.1, 0.15) is 218 Å². The van der Waals surface area contributed by atoms with Crippen molar-refractivity contribution in [2.75, 3.05) is 25.8 Å². The normalized spacial score (nSPS) is 12.0. The molecule has 0 radical (unpaired) electrons. The fourth-order valence-electron chi connectivity index (χ4n) is 6.65. The highest BCUT2D eigenvalue weighted by atomic mass is 127. The van der Waals surface area contributed by atoms with E-state index in [0.717, 1.165) is 12.5 Å². The summed E-state index contributed by atoms with van der Waals surface area (Å²) < 4.78 is 17.8. The van der Waals surface area contributed by atoms with Gasteiger partial charge < -0.3 is 13.3 Å². The van der Waals surface area contributed by atoms with Crippen LogP contribution in [0.3, 0.4) is 0 Å². The van der Waals surface area contributed by atoms with Gasteiger partial charge in [0.05, 0.1) is 0 Å². The Balaban J connectivity index is 3.11. The van der Waals surface area contributed by atoms with E-state index in [2.05, 4.69) is 22.6 Å². The number of hydrogen-bond acceptors (Lipinski definition) is 3. The molecule has 0 spiro atoms. The fourth-order valence-corrected chi connectivity index (χ4v) is 8.98. The molecule has 0 bridgehead atoms. The monoisotopic (exact) mass is 752 g/mol. The van der Waals surface area contributed by atoms with Crippen molar-refractivity contribution in [2.24, 2.45) is 0 Å². The van der Waals surface area contributed by atoms with Crippen LogP contribution in [0, 0.1) is 0 Å². The fraction of sp³-hybridized carbons (Fsp3) is 1.00. The standard InChI is InChI=1S/C39H81IO3Si/c1-41-44(42-2,43-3)39-37-35-33-31-29-27-25-23-21-19-17-15-13-11-9-7-5-4-6-8-10-12-14-16-18-20-22-24-26-28-30-32-34-36-38-40/h4-39H2,1-3H3. The van der Waals surface area contributed by atoms with Crippen molar-refractivity contribution in [3.63, 3.8) is 0 Å². The molecule has 44 heavy (non-hydrogen) atoms. The molecule has 0 aromatic heterocycles. The Morgan fingerprint density at radius 2 is 0.432 bits per heavy atom. The third-order valence-corrected chi connectivity index (χ3v) is 13.4. The van der Waals surface area contributed by atoms with Crippen LogP contribution in [-0.4, -0.2) is 34.6 Å². The van der Waals surface area contributed by atoms with Crippen molar-refractivity contribution in [3.05, 3.63) is 0 Å². The van der Waals surface area contributed by atoms with Gasteiger partial charge in [-0.2, -0.15) is 0 Å². The summed E-state index contributed by atoms with van der Waals surface area (Å²) in [4.78, 5) is 0. The minimum absolute atomic E-state index is 0.941. The molecule has 266 valence electrons. The number of alkyl halides is 1. The van der Waals surface area contributed by atoms with Gasteiger partial charge in [-0.15, -0.1) is 0 Å². The van der Waals surface area contributed by atoms with Gasteiger partial charge in [0.2, 0.25) is 0 Å². The molecule has 0 saturated heterocycles. The molecule has 0 aromatic carbocycles. The number of unbranched alkanes of at least 4 members (excludes halogenated alkanes) is 33. The van der Waals surface area contributed by atoms with Crippen molar-refractivity contribution >= 4 is 31.4 Å². The summed E-state index contributed by atoms with van der Waals surface area (Å²) >= 11 is 2.50.